The molecule has 0 radical (unpaired) electrons. The predicted octanol–water partition coefficient (Wildman–Crippen LogP) is 2.46. The van der Waals surface area contributed by atoms with Gasteiger partial charge in [0.1, 0.15) is 0 Å². The zero-order valence-corrected chi connectivity index (χ0v) is 10.6. The molecule has 0 amide bonds. The summed E-state index contributed by atoms with van der Waals surface area (Å²) in [4.78, 5) is 22.6. The van der Waals surface area contributed by atoms with Gasteiger partial charge in [0.05, 0.1) is 5.69 Å². The van der Waals surface area contributed by atoms with Gasteiger partial charge in [0.15, 0.2) is 10.6 Å². The van der Waals surface area contributed by atoms with Gasteiger partial charge in [-0.1, -0.05) is 0 Å². The van der Waals surface area contributed by atoms with Crippen LogP contribution >= 0.6 is 12.2 Å². The highest BCUT2D eigenvalue weighted by molar-refractivity contribution is 7.71. The quantitative estimate of drug-likeness (QED) is 0.814. The first kappa shape index (κ1) is 11.3. The number of aromatic nitrogens is 3. The lowest BCUT2D eigenvalue weighted by Crippen LogP contribution is -2.25. The van der Waals surface area contributed by atoms with E-state index >= 15 is 0 Å². The number of Topliss-reactive ketones (excluding diaryl/α,β-unsaturated/α-hetero) is 1. The van der Waals surface area contributed by atoms with Gasteiger partial charge in [-0.3, -0.25) is 9.78 Å². The molecule has 2 aromatic rings. The summed E-state index contributed by atoms with van der Waals surface area (Å²) in [6.45, 7) is 0. The van der Waals surface area contributed by atoms with Gasteiger partial charge < -0.3 is 9.97 Å². The molecule has 2 N–H and O–H groups in total. The van der Waals surface area contributed by atoms with E-state index in [-0.39, 0.29) is 11.7 Å². The van der Waals surface area contributed by atoms with Crippen molar-refractivity contribution in [2.24, 2.45) is 5.92 Å². The maximum atomic E-state index is 12.3. The van der Waals surface area contributed by atoms with Crippen LogP contribution in [0.15, 0.2) is 24.5 Å². The number of carbonyl (C=O) groups excluding carboxylic acids is 1. The standard InChI is InChI=1S/C13H13N3OS/c17-12-8(6-9-7-15-13(18)16-9)3-4-11-10(12)2-1-5-14-11/h1-2,5,7-8H,3-4,6H2,(H2,15,16,18). The van der Waals surface area contributed by atoms with Crippen molar-refractivity contribution in [2.75, 3.05) is 0 Å². The topological polar surface area (TPSA) is 61.5 Å². The van der Waals surface area contributed by atoms with Crippen LogP contribution in [0.5, 0.6) is 0 Å². The molecule has 0 saturated carbocycles. The molecule has 92 valence electrons. The van der Waals surface area contributed by atoms with Crippen LogP contribution in [0.2, 0.25) is 0 Å². The number of imidazole rings is 1. The van der Waals surface area contributed by atoms with Crippen LogP contribution in [0.1, 0.15) is 28.2 Å². The fraction of sp³-hybridized carbons (Fsp3) is 0.308. The first-order valence-electron chi connectivity index (χ1n) is 5.99. The summed E-state index contributed by atoms with van der Waals surface area (Å²) in [5, 5.41) is 0. The Morgan fingerprint density at radius 3 is 3.17 bits per heavy atom. The zero-order valence-electron chi connectivity index (χ0n) is 9.77. The lowest BCUT2D eigenvalue weighted by molar-refractivity contribution is 0.0899. The highest BCUT2D eigenvalue weighted by Gasteiger charge is 2.28. The molecule has 2 aromatic heterocycles. The van der Waals surface area contributed by atoms with Gasteiger partial charge >= 0.3 is 0 Å². The minimum Gasteiger partial charge on any atom is -0.337 e. The largest absolute Gasteiger partial charge is 0.337 e. The van der Waals surface area contributed by atoms with Crippen LogP contribution in [0, 0.1) is 10.7 Å². The Morgan fingerprint density at radius 2 is 2.39 bits per heavy atom. The van der Waals surface area contributed by atoms with Crippen LogP contribution < -0.4 is 0 Å². The number of aromatic amines is 2. The number of H-pyrrole nitrogens is 2. The minimum absolute atomic E-state index is 0.0307. The molecule has 3 rings (SSSR count). The second kappa shape index (κ2) is 4.49. The number of nitrogens with one attached hydrogen (secondary N) is 2. The third kappa shape index (κ3) is 2.01. The molecular weight excluding hydrogens is 246 g/mol. The lowest BCUT2D eigenvalue weighted by atomic mass is 9.83. The van der Waals surface area contributed by atoms with E-state index in [0.29, 0.717) is 11.2 Å². The number of hydrogen-bond donors (Lipinski definition) is 2. The molecule has 1 unspecified atom stereocenters. The molecular formula is C13H13N3OS. The second-order valence-corrected chi connectivity index (χ2v) is 4.98. The van der Waals surface area contributed by atoms with Crippen LogP contribution in [-0.4, -0.2) is 20.7 Å². The highest BCUT2D eigenvalue weighted by Crippen LogP contribution is 2.26. The van der Waals surface area contributed by atoms with Gasteiger partial charge in [-0.15, -0.1) is 0 Å². The van der Waals surface area contributed by atoms with E-state index in [1.54, 1.807) is 6.20 Å². The van der Waals surface area contributed by atoms with E-state index in [1.807, 2.05) is 18.3 Å². The molecule has 0 spiro atoms. The zero-order chi connectivity index (χ0) is 12.5. The third-order valence-electron chi connectivity index (χ3n) is 3.37. The molecule has 1 atom stereocenters. The van der Waals surface area contributed by atoms with E-state index in [9.17, 15) is 4.79 Å². The van der Waals surface area contributed by atoms with Gasteiger partial charge in [0.2, 0.25) is 0 Å². The molecule has 0 saturated heterocycles. The Labute approximate surface area is 109 Å². The SMILES string of the molecule is O=C1c2cccnc2CCC1Cc1c[nH]c(=S)[nH]1. The lowest BCUT2D eigenvalue weighted by Gasteiger charge is -2.21. The monoisotopic (exact) mass is 259 g/mol. The van der Waals surface area contributed by atoms with Crippen LogP contribution in [0.25, 0.3) is 0 Å². The Hall–Kier alpha value is -1.75. The minimum atomic E-state index is 0.0307. The van der Waals surface area contributed by atoms with Crippen molar-refractivity contribution < 1.29 is 4.79 Å². The van der Waals surface area contributed by atoms with Gasteiger partial charge in [-0.25, -0.2) is 0 Å². The summed E-state index contributed by atoms with van der Waals surface area (Å²) in [7, 11) is 0. The van der Waals surface area contributed by atoms with Crippen molar-refractivity contribution in [2.45, 2.75) is 19.3 Å². The Morgan fingerprint density at radius 1 is 1.50 bits per heavy atom. The molecule has 2 heterocycles. The highest BCUT2D eigenvalue weighted by atomic mass is 32.1. The normalized spacial score (nSPS) is 18.7. The molecule has 5 heteroatoms. The smallest absolute Gasteiger partial charge is 0.174 e. The van der Waals surface area contributed by atoms with E-state index in [1.165, 1.54) is 0 Å². The van der Waals surface area contributed by atoms with Crippen molar-refractivity contribution in [3.05, 3.63) is 46.2 Å². The summed E-state index contributed by atoms with van der Waals surface area (Å²) in [5.41, 5.74) is 2.70. The summed E-state index contributed by atoms with van der Waals surface area (Å²) >= 11 is 4.99. The Balaban J connectivity index is 1.84. The van der Waals surface area contributed by atoms with Crippen molar-refractivity contribution in [3.8, 4) is 0 Å². The maximum Gasteiger partial charge on any atom is 0.174 e. The third-order valence-corrected chi connectivity index (χ3v) is 3.59. The molecule has 1 aliphatic carbocycles. The van der Waals surface area contributed by atoms with Crippen LogP contribution in [0.4, 0.5) is 0 Å². The van der Waals surface area contributed by atoms with Crippen molar-refractivity contribution in [1.82, 2.24) is 15.0 Å². The van der Waals surface area contributed by atoms with Gasteiger partial charge in [-0.05, 0) is 43.6 Å². The molecule has 0 fully saturated rings. The number of carbonyl (C=O) groups is 1. The Bertz CT molecular complexity index is 643. The van der Waals surface area contributed by atoms with Gasteiger partial charge in [0, 0.05) is 29.6 Å². The Kier molecular flexibility index (Phi) is 2.83. The number of pyridine rings is 1. The van der Waals surface area contributed by atoms with E-state index in [2.05, 4.69) is 15.0 Å². The fourth-order valence-corrected chi connectivity index (χ4v) is 2.65. The van der Waals surface area contributed by atoms with Crippen molar-refractivity contribution in [3.63, 3.8) is 0 Å². The molecule has 0 aliphatic heterocycles. The number of rotatable bonds is 2. The summed E-state index contributed by atoms with van der Waals surface area (Å²) in [6.07, 6.45) is 6.02. The first-order valence-corrected chi connectivity index (χ1v) is 6.39. The van der Waals surface area contributed by atoms with E-state index in [4.69, 9.17) is 12.2 Å². The molecule has 1 aliphatic rings. The number of nitrogens with zero attached hydrogens (tertiary/aromatic N) is 1. The molecule has 0 bridgehead atoms. The molecule has 4 nitrogen and oxygen atoms in total. The molecule has 0 aromatic carbocycles. The van der Waals surface area contributed by atoms with Crippen molar-refractivity contribution in [1.29, 1.82) is 0 Å². The predicted molar refractivity (Wildman–Crippen MR) is 70.1 cm³/mol. The van der Waals surface area contributed by atoms with E-state index < -0.39 is 0 Å². The average molecular weight is 259 g/mol. The number of hydrogen-bond acceptors (Lipinski definition) is 3. The van der Waals surface area contributed by atoms with Crippen LogP contribution in [0.3, 0.4) is 0 Å². The van der Waals surface area contributed by atoms with Crippen molar-refractivity contribution >= 4 is 18.0 Å². The van der Waals surface area contributed by atoms with Gasteiger partial charge in [-0.2, -0.15) is 0 Å². The summed E-state index contributed by atoms with van der Waals surface area (Å²) in [6, 6.07) is 3.69. The average Bonchev–Trinajstić information content (AvgIpc) is 2.79. The summed E-state index contributed by atoms with van der Waals surface area (Å²) in [5.74, 6) is 0.230. The second-order valence-electron chi connectivity index (χ2n) is 4.57. The number of aryl methyl sites for hydroxylation is 1. The van der Waals surface area contributed by atoms with Crippen LogP contribution in [-0.2, 0) is 12.8 Å². The molecule has 18 heavy (non-hydrogen) atoms. The first-order chi connectivity index (χ1) is 8.74. The number of ketones is 1. The maximum absolute atomic E-state index is 12.3. The summed E-state index contributed by atoms with van der Waals surface area (Å²) < 4.78 is 0.607. The van der Waals surface area contributed by atoms with E-state index in [0.717, 1.165) is 29.8 Å². The fourth-order valence-electron chi connectivity index (χ4n) is 2.46. The van der Waals surface area contributed by atoms with Gasteiger partial charge in [0.25, 0.3) is 0 Å². The number of fused-ring (bicyclic) bond motifs is 1.